The fourth-order valence-corrected chi connectivity index (χ4v) is 2.28. The highest BCUT2D eigenvalue weighted by Gasteiger charge is 2.12. The fourth-order valence-electron chi connectivity index (χ4n) is 1.85. The van der Waals surface area contributed by atoms with Crippen molar-refractivity contribution in [2.24, 2.45) is 0 Å². The maximum Gasteiger partial charge on any atom is 0.161 e. The minimum Gasteiger partial charge on any atom is -0.264 e. The van der Waals surface area contributed by atoms with Crippen LogP contribution in [0.4, 0.5) is 0 Å². The lowest BCUT2D eigenvalue weighted by Gasteiger charge is -2.12. The highest BCUT2D eigenvalue weighted by Crippen LogP contribution is 2.24. The molecule has 0 spiro atoms. The van der Waals surface area contributed by atoms with Crippen LogP contribution in [0.5, 0.6) is 0 Å². The van der Waals surface area contributed by atoms with E-state index < -0.39 is 0 Å². The van der Waals surface area contributed by atoms with Crippen molar-refractivity contribution in [1.82, 2.24) is 15.0 Å². The van der Waals surface area contributed by atoms with Crippen molar-refractivity contribution in [2.75, 3.05) is 0 Å². The number of nitrogens with zero attached hydrogens (tertiary/aromatic N) is 3. The van der Waals surface area contributed by atoms with Gasteiger partial charge in [-0.2, -0.15) is 0 Å². The molecule has 2 aromatic heterocycles. The number of aryl methyl sites for hydroxylation is 1. The molecule has 0 fully saturated rings. The normalized spacial score (nSPS) is 10.9. The van der Waals surface area contributed by atoms with Gasteiger partial charge in [0, 0.05) is 35.0 Å². The van der Waals surface area contributed by atoms with Gasteiger partial charge in [-0.25, -0.2) is 9.97 Å². The Morgan fingerprint density at radius 3 is 2.67 bits per heavy atom. The summed E-state index contributed by atoms with van der Waals surface area (Å²) in [5.41, 5.74) is 4.39. The molecule has 0 radical (unpaired) electrons. The zero-order chi connectivity index (χ0) is 13.1. The number of hydrogen-bond donors (Lipinski definition) is 0. The van der Waals surface area contributed by atoms with E-state index in [9.17, 15) is 0 Å². The zero-order valence-electron chi connectivity index (χ0n) is 10.8. The molecule has 2 rings (SSSR count). The second-order valence-electron chi connectivity index (χ2n) is 4.58. The third kappa shape index (κ3) is 2.58. The van der Waals surface area contributed by atoms with Crippen molar-refractivity contribution in [3.8, 4) is 11.4 Å². The van der Waals surface area contributed by atoms with Gasteiger partial charge < -0.3 is 0 Å². The van der Waals surface area contributed by atoms with Crippen molar-refractivity contribution in [3.05, 3.63) is 41.5 Å². The van der Waals surface area contributed by atoms with Gasteiger partial charge in [-0.3, -0.25) is 4.98 Å². The third-order valence-electron chi connectivity index (χ3n) is 2.87. The van der Waals surface area contributed by atoms with Crippen LogP contribution in [0.2, 0.25) is 0 Å². The largest absolute Gasteiger partial charge is 0.264 e. The highest BCUT2D eigenvalue weighted by molar-refractivity contribution is 9.08. The summed E-state index contributed by atoms with van der Waals surface area (Å²) < 4.78 is 0. The van der Waals surface area contributed by atoms with E-state index in [1.54, 1.807) is 6.20 Å². The lowest BCUT2D eigenvalue weighted by atomic mass is 10.1. The van der Waals surface area contributed by atoms with E-state index in [0.717, 1.165) is 33.5 Å². The zero-order valence-corrected chi connectivity index (χ0v) is 12.4. The third-order valence-corrected chi connectivity index (χ3v) is 3.47. The molecule has 18 heavy (non-hydrogen) atoms. The number of hydrogen-bond acceptors (Lipinski definition) is 3. The molecule has 0 N–H and O–H groups in total. The monoisotopic (exact) mass is 305 g/mol. The lowest BCUT2D eigenvalue weighted by Crippen LogP contribution is -2.03. The molecule has 94 valence electrons. The molecule has 0 aromatic carbocycles. The van der Waals surface area contributed by atoms with Gasteiger partial charge in [-0.15, -0.1) is 0 Å². The summed E-state index contributed by atoms with van der Waals surface area (Å²) in [5, 5.41) is 0.785. The van der Waals surface area contributed by atoms with E-state index in [1.165, 1.54) is 0 Å². The number of pyridine rings is 1. The number of aromatic nitrogens is 3. The first-order chi connectivity index (χ1) is 8.63. The van der Waals surface area contributed by atoms with Gasteiger partial charge in [-0.05, 0) is 24.5 Å². The SMILES string of the molecule is Cc1ccncc1-c1ncc(CBr)c(C(C)C)n1. The summed E-state index contributed by atoms with van der Waals surface area (Å²) >= 11 is 3.48. The van der Waals surface area contributed by atoms with Gasteiger partial charge in [0.2, 0.25) is 0 Å². The van der Waals surface area contributed by atoms with Crippen LogP contribution in [0.3, 0.4) is 0 Å². The summed E-state index contributed by atoms with van der Waals surface area (Å²) in [7, 11) is 0. The molecule has 4 heteroatoms. The van der Waals surface area contributed by atoms with E-state index in [-0.39, 0.29) is 0 Å². The van der Waals surface area contributed by atoms with Crippen LogP contribution in [0.15, 0.2) is 24.7 Å². The second-order valence-corrected chi connectivity index (χ2v) is 5.14. The van der Waals surface area contributed by atoms with E-state index >= 15 is 0 Å². The Labute approximate surface area is 116 Å². The topological polar surface area (TPSA) is 38.7 Å². The van der Waals surface area contributed by atoms with Crippen LogP contribution in [-0.4, -0.2) is 15.0 Å². The molecule has 2 aromatic rings. The molecular weight excluding hydrogens is 290 g/mol. The molecule has 0 amide bonds. The Bertz CT molecular complexity index is 552. The van der Waals surface area contributed by atoms with Gasteiger partial charge in [-0.1, -0.05) is 29.8 Å². The molecule has 0 saturated carbocycles. The molecule has 0 aliphatic rings. The summed E-state index contributed by atoms with van der Waals surface area (Å²) in [6, 6.07) is 1.98. The summed E-state index contributed by atoms with van der Waals surface area (Å²) in [6.07, 6.45) is 5.51. The molecule has 2 heterocycles. The van der Waals surface area contributed by atoms with Crippen LogP contribution in [0, 0.1) is 6.92 Å². The highest BCUT2D eigenvalue weighted by atomic mass is 79.9. The summed E-state index contributed by atoms with van der Waals surface area (Å²) in [4.78, 5) is 13.3. The summed E-state index contributed by atoms with van der Waals surface area (Å²) in [5.74, 6) is 1.14. The smallest absolute Gasteiger partial charge is 0.161 e. The average Bonchev–Trinajstić information content (AvgIpc) is 2.38. The van der Waals surface area contributed by atoms with Gasteiger partial charge >= 0.3 is 0 Å². The molecule has 0 aliphatic carbocycles. The predicted molar refractivity (Wildman–Crippen MR) is 76.7 cm³/mol. The first kappa shape index (κ1) is 13.1. The predicted octanol–water partition coefficient (Wildman–Crippen LogP) is 3.87. The van der Waals surface area contributed by atoms with Crippen molar-refractivity contribution in [2.45, 2.75) is 32.0 Å². The van der Waals surface area contributed by atoms with Crippen LogP contribution < -0.4 is 0 Å². The van der Waals surface area contributed by atoms with Crippen molar-refractivity contribution in [3.63, 3.8) is 0 Å². The number of alkyl halides is 1. The minimum absolute atomic E-state index is 0.385. The van der Waals surface area contributed by atoms with Crippen molar-refractivity contribution in [1.29, 1.82) is 0 Å². The molecule has 0 atom stereocenters. The minimum atomic E-state index is 0.385. The van der Waals surface area contributed by atoms with Crippen molar-refractivity contribution < 1.29 is 0 Å². The molecule has 3 nitrogen and oxygen atoms in total. The standard InChI is InChI=1S/C14H16BrN3/c1-9(2)13-11(6-15)7-17-14(18-13)12-8-16-5-4-10(12)3/h4-5,7-9H,6H2,1-3H3. The lowest BCUT2D eigenvalue weighted by molar-refractivity contribution is 0.802. The number of rotatable bonds is 3. The Hall–Kier alpha value is -1.29. The Kier molecular flexibility index (Phi) is 4.07. The van der Waals surface area contributed by atoms with E-state index in [1.807, 2.05) is 25.4 Å². The first-order valence-corrected chi connectivity index (χ1v) is 7.08. The molecule has 0 aliphatic heterocycles. The van der Waals surface area contributed by atoms with Gasteiger partial charge in [0.1, 0.15) is 0 Å². The van der Waals surface area contributed by atoms with Crippen LogP contribution >= 0.6 is 15.9 Å². The van der Waals surface area contributed by atoms with Crippen LogP contribution in [0.25, 0.3) is 11.4 Å². The first-order valence-electron chi connectivity index (χ1n) is 5.96. The molecule has 0 saturated heterocycles. The maximum absolute atomic E-state index is 4.69. The maximum atomic E-state index is 4.69. The second kappa shape index (κ2) is 5.57. The van der Waals surface area contributed by atoms with E-state index in [0.29, 0.717) is 5.92 Å². The Morgan fingerprint density at radius 1 is 1.28 bits per heavy atom. The van der Waals surface area contributed by atoms with Crippen molar-refractivity contribution >= 4 is 15.9 Å². The van der Waals surface area contributed by atoms with Gasteiger partial charge in [0.05, 0.1) is 5.69 Å². The summed E-state index contributed by atoms with van der Waals surface area (Å²) in [6.45, 7) is 6.34. The van der Waals surface area contributed by atoms with Gasteiger partial charge in [0.15, 0.2) is 5.82 Å². The number of halogens is 1. The molecule has 0 bridgehead atoms. The van der Waals surface area contributed by atoms with Crippen LogP contribution in [-0.2, 0) is 5.33 Å². The Balaban J connectivity index is 2.54. The average molecular weight is 306 g/mol. The fraction of sp³-hybridized carbons (Fsp3) is 0.357. The molecular formula is C14H16BrN3. The van der Waals surface area contributed by atoms with Crippen LogP contribution in [0.1, 0.15) is 36.6 Å². The van der Waals surface area contributed by atoms with E-state index in [4.69, 9.17) is 4.98 Å². The quantitative estimate of drug-likeness (QED) is 0.808. The Morgan fingerprint density at radius 2 is 2.06 bits per heavy atom. The van der Waals surface area contributed by atoms with E-state index in [2.05, 4.69) is 39.7 Å². The molecule has 0 unspecified atom stereocenters. The van der Waals surface area contributed by atoms with Gasteiger partial charge in [0.25, 0.3) is 0 Å².